The van der Waals surface area contributed by atoms with Crippen LogP contribution in [0, 0.1) is 0 Å². The SMILES string of the molecule is O=c1nc(Cl)cc2n(C3CCCC3)cccc1-2. The third-order valence-electron chi connectivity index (χ3n) is 3.48. The number of pyridine rings is 2. The van der Waals surface area contributed by atoms with Crippen molar-refractivity contribution in [2.24, 2.45) is 0 Å². The second-order valence-electron chi connectivity index (χ2n) is 4.54. The highest BCUT2D eigenvalue weighted by Gasteiger charge is 2.20. The lowest BCUT2D eigenvalue weighted by Crippen LogP contribution is -2.16. The first-order chi connectivity index (χ1) is 8.25. The molecule has 0 N–H and O–H groups in total. The van der Waals surface area contributed by atoms with Gasteiger partial charge in [-0.15, -0.1) is 0 Å². The lowest BCUT2D eigenvalue weighted by atomic mass is 10.1. The molecule has 4 heteroatoms. The van der Waals surface area contributed by atoms with Gasteiger partial charge in [-0.25, -0.2) is 0 Å². The zero-order valence-corrected chi connectivity index (χ0v) is 10.2. The quantitative estimate of drug-likeness (QED) is 0.727. The van der Waals surface area contributed by atoms with Gasteiger partial charge >= 0.3 is 0 Å². The van der Waals surface area contributed by atoms with Crippen LogP contribution in [0.4, 0.5) is 0 Å². The maximum Gasteiger partial charge on any atom is 0.280 e. The molecule has 0 aromatic rings. The van der Waals surface area contributed by atoms with Crippen molar-refractivity contribution >= 4 is 11.6 Å². The number of nitrogens with zero attached hydrogens (tertiary/aromatic N) is 2. The fraction of sp³-hybridized carbons (Fsp3) is 0.385. The summed E-state index contributed by atoms with van der Waals surface area (Å²) in [6, 6.07) is 6.01. The lowest BCUT2D eigenvalue weighted by molar-refractivity contribution is 0.520. The van der Waals surface area contributed by atoms with Crippen LogP contribution in [0.2, 0.25) is 5.15 Å². The third kappa shape index (κ3) is 1.84. The maximum absolute atomic E-state index is 11.8. The minimum Gasteiger partial charge on any atom is -0.344 e. The van der Waals surface area contributed by atoms with Crippen molar-refractivity contribution in [3.05, 3.63) is 39.9 Å². The van der Waals surface area contributed by atoms with Crippen molar-refractivity contribution in [1.29, 1.82) is 0 Å². The van der Waals surface area contributed by atoms with Crippen molar-refractivity contribution < 1.29 is 0 Å². The molecule has 3 nitrogen and oxygen atoms in total. The molecule has 0 atom stereocenters. The molecule has 0 unspecified atom stereocenters. The standard InChI is InChI=1S/C13H13ClN2O/c14-12-8-11-10(13(17)15-12)6-3-7-16(11)9-4-1-2-5-9/h3,6-9H,1-2,4-5H2. The first-order valence-corrected chi connectivity index (χ1v) is 6.31. The molecule has 0 bridgehead atoms. The fourth-order valence-corrected chi connectivity index (χ4v) is 2.85. The normalized spacial score (nSPS) is 16.8. The second kappa shape index (κ2) is 4.15. The second-order valence-corrected chi connectivity index (χ2v) is 4.92. The summed E-state index contributed by atoms with van der Waals surface area (Å²) in [4.78, 5) is 15.5. The van der Waals surface area contributed by atoms with Gasteiger partial charge in [-0.2, -0.15) is 4.98 Å². The first kappa shape index (κ1) is 10.8. The molecule has 0 aromatic carbocycles. The van der Waals surface area contributed by atoms with Crippen LogP contribution in [0.25, 0.3) is 11.3 Å². The molecule has 0 amide bonds. The summed E-state index contributed by atoms with van der Waals surface area (Å²) in [5.74, 6) is 0. The molecule has 0 radical (unpaired) electrons. The van der Waals surface area contributed by atoms with E-state index in [4.69, 9.17) is 11.6 Å². The van der Waals surface area contributed by atoms with Gasteiger partial charge in [0.05, 0.1) is 11.3 Å². The van der Waals surface area contributed by atoms with Crippen LogP contribution >= 0.6 is 11.6 Å². The lowest BCUT2D eigenvalue weighted by Gasteiger charge is -2.20. The summed E-state index contributed by atoms with van der Waals surface area (Å²) in [5.41, 5.74) is 1.33. The number of hydrogen-bond acceptors (Lipinski definition) is 2. The Morgan fingerprint density at radius 3 is 2.88 bits per heavy atom. The van der Waals surface area contributed by atoms with Gasteiger partial charge in [0, 0.05) is 18.3 Å². The van der Waals surface area contributed by atoms with E-state index in [-0.39, 0.29) is 10.7 Å². The predicted molar refractivity (Wildman–Crippen MR) is 67.6 cm³/mol. The molecule has 0 aromatic heterocycles. The number of hydrogen-bond donors (Lipinski definition) is 0. The number of halogens is 1. The van der Waals surface area contributed by atoms with E-state index in [1.807, 2.05) is 18.3 Å². The summed E-state index contributed by atoms with van der Waals surface area (Å²) >= 11 is 5.88. The largest absolute Gasteiger partial charge is 0.344 e. The van der Waals surface area contributed by atoms with Crippen LogP contribution in [0.3, 0.4) is 0 Å². The van der Waals surface area contributed by atoms with Gasteiger partial charge in [0.2, 0.25) is 0 Å². The highest BCUT2D eigenvalue weighted by atomic mass is 35.5. The Morgan fingerprint density at radius 2 is 2.12 bits per heavy atom. The Morgan fingerprint density at radius 1 is 1.35 bits per heavy atom. The van der Waals surface area contributed by atoms with E-state index in [0.29, 0.717) is 11.6 Å². The van der Waals surface area contributed by atoms with Crippen LogP contribution < -0.4 is 5.56 Å². The summed E-state index contributed by atoms with van der Waals surface area (Å²) in [7, 11) is 0. The highest BCUT2D eigenvalue weighted by molar-refractivity contribution is 6.29. The van der Waals surface area contributed by atoms with Crippen molar-refractivity contribution in [2.45, 2.75) is 31.7 Å². The van der Waals surface area contributed by atoms with Crippen LogP contribution in [0.1, 0.15) is 31.7 Å². The van der Waals surface area contributed by atoms with Crippen LogP contribution in [0.15, 0.2) is 29.2 Å². The molecular weight excluding hydrogens is 236 g/mol. The van der Waals surface area contributed by atoms with E-state index in [0.717, 1.165) is 5.69 Å². The number of fused-ring (bicyclic) bond motifs is 1. The van der Waals surface area contributed by atoms with Crippen molar-refractivity contribution in [1.82, 2.24) is 9.55 Å². The molecule has 1 aliphatic carbocycles. The monoisotopic (exact) mass is 248 g/mol. The maximum atomic E-state index is 11.8. The Labute approximate surface area is 104 Å². The van der Waals surface area contributed by atoms with E-state index >= 15 is 0 Å². The van der Waals surface area contributed by atoms with Gasteiger partial charge < -0.3 is 4.57 Å². The van der Waals surface area contributed by atoms with Crippen LogP contribution in [-0.4, -0.2) is 9.55 Å². The Balaban J connectivity index is 2.21. The van der Waals surface area contributed by atoms with Gasteiger partial charge in [-0.05, 0) is 25.0 Å². The van der Waals surface area contributed by atoms with Crippen LogP contribution in [-0.2, 0) is 0 Å². The van der Waals surface area contributed by atoms with Crippen LogP contribution in [0.5, 0.6) is 0 Å². The minimum absolute atomic E-state index is 0.236. The van der Waals surface area contributed by atoms with Crippen molar-refractivity contribution in [2.75, 3.05) is 0 Å². The van der Waals surface area contributed by atoms with Gasteiger partial charge in [0.25, 0.3) is 5.56 Å². The van der Waals surface area contributed by atoms with Crippen molar-refractivity contribution in [3.8, 4) is 11.3 Å². The van der Waals surface area contributed by atoms with E-state index in [1.54, 1.807) is 6.07 Å². The molecule has 88 valence electrons. The smallest absolute Gasteiger partial charge is 0.280 e. The average Bonchev–Trinajstić information content (AvgIpc) is 2.81. The molecule has 2 heterocycles. The third-order valence-corrected chi connectivity index (χ3v) is 3.67. The minimum atomic E-state index is -0.236. The van der Waals surface area contributed by atoms with Crippen molar-refractivity contribution in [3.63, 3.8) is 0 Å². The van der Waals surface area contributed by atoms with E-state index in [2.05, 4.69) is 9.55 Å². The molecule has 0 saturated heterocycles. The molecule has 3 aliphatic rings. The van der Waals surface area contributed by atoms with E-state index in [9.17, 15) is 4.79 Å². The van der Waals surface area contributed by atoms with E-state index in [1.165, 1.54) is 25.7 Å². The Hall–Kier alpha value is -1.35. The Bertz CT molecular complexity index is 572. The topological polar surface area (TPSA) is 34.9 Å². The first-order valence-electron chi connectivity index (χ1n) is 5.93. The highest BCUT2D eigenvalue weighted by Crippen LogP contribution is 2.33. The summed E-state index contributed by atoms with van der Waals surface area (Å²) < 4.78 is 2.18. The van der Waals surface area contributed by atoms with Gasteiger partial charge in [0.15, 0.2) is 0 Å². The Kier molecular flexibility index (Phi) is 2.63. The summed E-state index contributed by atoms with van der Waals surface area (Å²) in [6.07, 6.45) is 6.91. The molecule has 1 saturated carbocycles. The molecular formula is C13H13ClN2O. The molecule has 17 heavy (non-hydrogen) atoms. The zero-order valence-electron chi connectivity index (χ0n) is 9.40. The molecule has 1 fully saturated rings. The fourth-order valence-electron chi connectivity index (χ4n) is 2.67. The van der Waals surface area contributed by atoms with Gasteiger partial charge in [-0.3, -0.25) is 4.79 Å². The molecule has 0 spiro atoms. The summed E-state index contributed by atoms with van der Waals surface area (Å²) in [6.45, 7) is 0. The average molecular weight is 249 g/mol. The number of aromatic nitrogens is 2. The van der Waals surface area contributed by atoms with Gasteiger partial charge in [-0.1, -0.05) is 24.4 Å². The molecule has 2 aliphatic heterocycles. The zero-order chi connectivity index (χ0) is 11.8. The summed E-state index contributed by atoms with van der Waals surface area (Å²) in [5, 5.41) is 0.278. The number of rotatable bonds is 1. The predicted octanol–water partition coefficient (Wildman–Crippen LogP) is 3.12. The molecule has 3 rings (SSSR count). The van der Waals surface area contributed by atoms with Gasteiger partial charge in [0.1, 0.15) is 5.15 Å². The van der Waals surface area contributed by atoms with E-state index < -0.39 is 0 Å².